The van der Waals surface area contributed by atoms with Gasteiger partial charge in [-0.15, -0.1) is 0 Å². The number of rotatable bonds is 5. The highest BCUT2D eigenvalue weighted by Crippen LogP contribution is 2.30. The molecule has 43 heavy (non-hydrogen) atoms. The quantitative estimate of drug-likeness (QED) is 0.457. The van der Waals surface area contributed by atoms with Crippen molar-refractivity contribution < 1.29 is 23.2 Å². The Morgan fingerprint density at radius 2 is 1.26 bits per heavy atom. The molecule has 0 unspecified atom stereocenters. The Hall–Kier alpha value is -4.31. The van der Waals surface area contributed by atoms with Gasteiger partial charge < -0.3 is 25.3 Å². The van der Waals surface area contributed by atoms with E-state index >= 15 is 0 Å². The summed E-state index contributed by atoms with van der Waals surface area (Å²) in [5, 5.41) is 6.00. The number of nitrogens with zero attached hydrogens (tertiary/aromatic N) is 3. The predicted molar refractivity (Wildman–Crippen MR) is 163 cm³/mol. The summed E-state index contributed by atoms with van der Waals surface area (Å²) in [6.45, 7) is 10.8. The van der Waals surface area contributed by atoms with E-state index in [1.54, 1.807) is 28.0 Å². The van der Waals surface area contributed by atoms with Crippen molar-refractivity contribution in [2.45, 2.75) is 26.2 Å². The van der Waals surface area contributed by atoms with E-state index in [0.717, 1.165) is 17.7 Å². The van der Waals surface area contributed by atoms with E-state index in [0.29, 0.717) is 80.9 Å². The molecule has 0 aliphatic carbocycles. The highest BCUT2D eigenvalue weighted by Gasteiger charge is 2.26. The SMILES string of the molecule is CC(C)(C)c1ccc(C(=O)N2CCN(c3ccc(C(=O)N4CCNCC4)cc3NC(=O)c3cc(F)cc(F)c3)CC2)cc1. The first-order chi connectivity index (χ1) is 20.5. The molecule has 0 atom stereocenters. The minimum atomic E-state index is -0.859. The van der Waals surface area contributed by atoms with Crippen LogP contribution in [0.2, 0.25) is 0 Å². The number of nitrogens with one attached hydrogen (secondary N) is 2. The lowest BCUT2D eigenvalue weighted by Crippen LogP contribution is -2.49. The van der Waals surface area contributed by atoms with Crippen molar-refractivity contribution in [1.29, 1.82) is 0 Å². The maximum Gasteiger partial charge on any atom is 0.255 e. The second kappa shape index (κ2) is 12.5. The van der Waals surface area contributed by atoms with Crippen molar-refractivity contribution in [3.63, 3.8) is 0 Å². The lowest BCUT2D eigenvalue weighted by Gasteiger charge is -2.37. The highest BCUT2D eigenvalue weighted by atomic mass is 19.1. The lowest BCUT2D eigenvalue weighted by atomic mass is 9.86. The van der Waals surface area contributed by atoms with Crippen molar-refractivity contribution in [2.75, 3.05) is 62.6 Å². The Kier molecular flexibility index (Phi) is 8.77. The molecule has 0 saturated carbocycles. The number of hydrogen-bond acceptors (Lipinski definition) is 5. The Morgan fingerprint density at radius 1 is 0.698 bits per heavy atom. The number of carbonyl (C=O) groups excluding carboxylic acids is 3. The largest absolute Gasteiger partial charge is 0.366 e. The van der Waals surface area contributed by atoms with Gasteiger partial charge in [0.05, 0.1) is 11.4 Å². The molecule has 10 heteroatoms. The van der Waals surface area contributed by atoms with E-state index in [2.05, 4.69) is 31.4 Å². The number of hydrogen-bond donors (Lipinski definition) is 2. The molecule has 2 saturated heterocycles. The van der Waals surface area contributed by atoms with Crippen LogP contribution in [0.3, 0.4) is 0 Å². The fraction of sp³-hybridized carbons (Fsp3) is 0.364. The molecule has 3 aromatic carbocycles. The Labute approximate surface area is 250 Å². The van der Waals surface area contributed by atoms with Gasteiger partial charge in [0.1, 0.15) is 11.6 Å². The van der Waals surface area contributed by atoms with E-state index in [-0.39, 0.29) is 22.8 Å². The first-order valence-corrected chi connectivity index (χ1v) is 14.6. The second-order valence-electron chi connectivity index (χ2n) is 12.0. The molecule has 0 bridgehead atoms. The molecule has 0 spiro atoms. The number of piperazine rings is 2. The van der Waals surface area contributed by atoms with E-state index in [4.69, 9.17) is 0 Å². The minimum absolute atomic E-state index is 0.00564. The smallest absolute Gasteiger partial charge is 0.255 e. The average molecular weight is 590 g/mol. The summed E-state index contributed by atoms with van der Waals surface area (Å²) < 4.78 is 27.7. The molecule has 5 rings (SSSR count). The summed E-state index contributed by atoms with van der Waals surface area (Å²) in [6.07, 6.45) is 0. The van der Waals surface area contributed by atoms with Crippen LogP contribution in [0.1, 0.15) is 57.4 Å². The zero-order valence-corrected chi connectivity index (χ0v) is 24.8. The van der Waals surface area contributed by atoms with Gasteiger partial charge >= 0.3 is 0 Å². The molecule has 2 aliphatic heterocycles. The Bertz CT molecular complexity index is 1490. The zero-order chi connectivity index (χ0) is 30.7. The Morgan fingerprint density at radius 3 is 1.86 bits per heavy atom. The first-order valence-electron chi connectivity index (χ1n) is 14.6. The minimum Gasteiger partial charge on any atom is -0.366 e. The molecule has 3 amide bonds. The van der Waals surface area contributed by atoms with E-state index in [9.17, 15) is 23.2 Å². The lowest BCUT2D eigenvalue weighted by molar-refractivity contribution is 0.0731. The fourth-order valence-corrected chi connectivity index (χ4v) is 5.42. The molecule has 2 aliphatic rings. The summed E-state index contributed by atoms with van der Waals surface area (Å²) in [6, 6.07) is 15.5. The molecule has 3 aromatic rings. The summed E-state index contributed by atoms with van der Waals surface area (Å²) in [5.74, 6) is -2.62. The van der Waals surface area contributed by atoms with Gasteiger partial charge in [0.2, 0.25) is 0 Å². The van der Waals surface area contributed by atoms with Crippen LogP contribution in [0.5, 0.6) is 0 Å². The van der Waals surface area contributed by atoms with E-state index < -0.39 is 17.5 Å². The van der Waals surface area contributed by atoms with Crippen LogP contribution in [0.4, 0.5) is 20.2 Å². The van der Waals surface area contributed by atoms with Crippen molar-refractivity contribution >= 4 is 29.1 Å². The van der Waals surface area contributed by atoms with E-state index in [1.807, 2.05) is 29.2 Å². The van der Waals surface area contributed by atoms with Crippen LogP contribution >= 0.6 is 0 Å². The van der Waals surface area contributed by atoms with Gasteiger partial charge in [0.25, 0.3) is 17.7 Å². The van der Waals surface area contributed by atoms with Gasteiger partial charge in [-0.3, -0.25) is 14.4 Å². The number of amides is 3. The summed E-state index contributed by atoms with van der Waals surface area (Å²) in [4.78, 5) is 45.2. The molecule has 8 nitrogen and oxygen atoms in total. The van der Waals surface area contributed by atoms with Gasteiger partial charge in [0.15, 0.2) is 0 Å². The maximum absolute atomic E-state index is 13.9. The Balaban J connectivity index is 1.35. The van der Waals surface area contributed by atoms with Crippen molar-refractivity contribution in [3.05, 3.63) is 94.6 Å². The molecular weight excluding hydrogens is 552 g/mol. The second-order valence-corrected chi connectivity index (χ2v) is 12.0. The third kappa shape index (κ3) is 7.02. The maximum atomic E-state index is 13.9. The third-order valence-corrected chi connectivity index (χ3v) is 7.93. The van der Waals surface area contributed by atoms with E-state index in [1.165, 1.54) is 0 Å². The number of halogens is 2. The molecule has 0 radical (unpaired) electrons. The summed E-state index contributed by atoms with van der Waals surface area (Å²) in [7, 11) is 0. The van der Waals surface area contributed by atoms with Crippen LogP contribution in [-0.2, 0) is 5.41 Å². The van der Waals surface area contributed by atoms with Crippen LogP contribution in [0.25, 0.3) is 0 Å². The van der Waals surface area contributed by atoms with Gasteiger partial charge in [-0.05, 0) is 53.4 Å². The zero-order valence-electron chi connectivity index (χ0n) is 24.8. The summed E-state index contributed by atoms with van der Waals surface area (Å²) in [5.41, 5.74) is 3.02. The van der Waals surface area contributed by atoms with Crippen LogP contribution in [0, 0.1) is 11.6 Å². The summed E-state index contributed by atoms with van der Waals surface area (Å²) >= 11 is 0. The molecule has 2 N–H and O–H groups in total. The normalized spacial score (nSPS) is 15.8. The van der Waals surface area contributed by atoms with Crippen molar-refractivity contribution in [2.24, 2.45) is 0 Å². The molecule has 2 heterocycles. The van der Waals surface area contributed by atoms with Crippen LogP contribution in [0.15, 0.2) is 60.7 Å². The first kappa shape index (κ1) is 30.2. The van der Waals surface area contributed by atoms with Crippen LogP contribution < -0.4 is 15.5 Å². The van der Waals surface area contributed by atoms with Crippen LogP contribution in [-0.4, -0.2) is 79.9 Å². The molecule has 2 fully saturated rings. The number of benzene rings is 3. The molecule has 0 aromatic heterocycles. The van der Waals surface area contributed by atoms with Crippen molar-refractivity contribution in [3.8, 4) is 0 Å². The van der Waals surface area contributed by atoms with Gasteiger partial charge in [-0.2, -0.15) is 0 Å². The number of carbonyl (C=O) groups is 3. The fourth-order valence-electron chi connectivity index (χ4n) is 5.42. The molecular formula is C33H37F2N5O3. The topological polar surface area (TPSA) is 85.0 Å². The monoisotopic (exact) mass is 589 g/mol. The third-order valence-electron chi connectivity index (χ3n) is 7.93. The van der Waals surface area contributed by atoms with Gasteiger partial charge in [0, 0.05) is 75.1 Å². The number of anilines is 2. The predicted octanol–water partition coefficient (Wildman–Crippen LogP) is 4.52. The average Bonchev–Trinajstić information content (AvgIpc) is 3.00. The standard InChI is InChI=1S/C33H37F2N5O3/c1-33(2,3)25-7-4-22(5-8-25)31(42)40-16-14-38(15-17-40)29-9-6-23(32(43)39-12-10-36-11-13-39)20-28(29)37-30(41)24-18-26(34)21-27(35)19-24/h4-9,18-21,36H,10-17H2,1-3H3,(H,37,41). The van der Waals surface area contributed by atoms with Crippen molar-refractivity contribution in [1.82, 2.24) is 15.1 Å². The highest BCUT2D eigenvalue weighted by molar-refractivity contribution is 6.07. The molecule has 226 valence electrons. The van der Waals surface area contributed by atoms with Gasteiger partial charge in [-0.25, -0.2) is 8.78 Å². The van der Waals surface area contributed by atoms with Gasteiger partial charge in [-0.1, -0.05) is 32.9 Å².